The molecule has 0 unspecified atom stereocenters. The van der Waals surface area contributed by atoms with Crippen LogP contribution in [0.3, 0.4) is 0 Å². The molecule has 1 aliphatic carbocycles. The molecule has 142 valence electrons. The third kappa shape index (κ3) is 2.87. The highest BCUT2D eigenvalue weighted by Gasteiger charge is 2.21. The van der Waals surface area contributed by atoms with E-state index in [1.165, 1.54) is 0 Å². The molecule has 3 aromatic rings. The van der Waals surface area contributed by atoms with E-state index in [1.807, 2.05) is 30.5 Å². The second-order valence-corrected chi connectivity index (χ2v) is 7.14. The molecule has 2 heterocycles. The van der Waals surface area contributed by atoms with E-state index >= 15 is 0 Å². The lowest BCUT2D eigenvalue weighted by molar-refractivity contribution is 0.0828. The summed E-state index contributed by atoms with van der Waals surface area (Å²) in [4.78, 5) is 34.6. The summed E-state index contributed by atoms with van der Waals surface area (Å²) in [6, 6.07) is 3.69. The van der Waals surface area contributed by atoms with Crippen molar-refractivity contribution in [1.29, 1.82) is 0 Å². The number of rotatable bonds is 5. The highest BCUT2D eigenvalue weighted by Crippen LogP contribution is 2.34. The molecule has 1 aromatic carbocycles. The molecule has 6 heteroatoms. The maximum Gasteiger partial charge on any atom is 0.254 e. The zero-order valence-corrected chi connectivity index (χ0v) is 16.0. The molecular weight excluding hydrogens is 352 g/mol. The van der Waals surface area contributed by atoms with Gasteiger partial charge in [-0.1, -0.05) is 18.2 Å². The van der Waals surface area contributed by atoms with E-state index in [0.29, 0.717) is 24.9 Å². The number of amides is 1. The van der Waals surface area contributed by atoms with Crippen molar-refractivity contribution >= 4 is 23.0 Å². The number of carbonyl (C=O) groups excluding carboxylic acids is 1. The Balaban J connectivity index is 2.00. The number of allylic oxidation sites excluding steroid dienone is 2. The number of nitrogens with zero attached hydrogens (tertiary/aromatic N) is 3. The van der Waals surface area contributed by atoms with Crippen molar-refractivity contribution in [3.8, 4) is 11.1 Å². The number of nitrogens with one attached hydrogen (secondary N) is 1. The monoisotopic (exact) mass is 374 g/mol. The number of imidazole rings is 1. The van der Waals surface area contributed by atoms with Gasteiger partial charge in [0.2, 0.25) is 0 Å². The molecule has 0 saturated carbocycles. The maximum absolute atomic E-state index is 12.8. The van der Waals surface area contributed by atoms with Crippen LogP contribution in [0, 0.1) is 0 Å². The van der Waals surface area contributed by atoms with Crippen molar-refractivity contribution in [2.45, 2.75) is 19.4 Å². The fourth-order valence-electron chi connectivity index (χ4n) is 3.67. The molecule has 1 aliphatic rings. The summed E-state index contributed by atoms with van der Waals surface area (Å²) in [5.41, 5.74) is 5.65. The van der Waals surface area contributed by atoms with Gasteiger partial charge in [-0.15, -0.1) is 6.58 Å². The maximum atomic E-state index is 12.8. The Hall–Kier alpha value is -3.41. The fourth-order valence-corrected chi connectivity index (χ4v) is 3.67. The molecule has 1 amide bonds. The van der Waals surface area contributed by atoms with E-state index in [2.05, 4.69) is 16.5 Å². The summed E-state index contributed by atoms with van der Waals surface area (Å²) in [5, 5.41) is 0. The summed E-state index contributed by atoms with van der Waals surface area (Å²) in [6.45, 7) is 4.33. The van der Waals surface area contributed by atoms with Crippen molar-refractivity contribution in [3.63, 3.8) is 0 Å². The first-order valence-electron chi connectivity index (χ1n) is 9.24. The Morgan fingerprint density at radius 3 is 2.93 bits per heavy atom. The van der Waals surface area contributed by atoms with E-state index < -0.39 is 0 Å². The van der Waals surface area contributed by atoms with Gasteiger partial charge in [-0.25, -0.2) is 4.98 Å². The molecule has 0 bridgehead atoms. The van der Waals surface area contributed by atoms with Gasteiger partial charge in [0.25, 0.3) is 11.5 Å². The third-order valence-electron chi connectivity index (χ3n) is 5.07. The van der Waals surface area contributed by atoms with Gasteiger partial charge in [0.1, 0.15) is 0 Å². The van der Waals surface area contributed by atoms with Crippen LogP contribution < -0.4 is 5.56 Å². The number of benzene rings is 1. The van der Waals surface area contributed by atoms with Crippen LogP contribution in [0.4, 0.5) is 0 Å². The molecule has 1 N–H and O–H groups in total. The van der Waals surface area contributed by atoms with Gasteiger partial charge in [0.15, 0.2) is 0 Å². The Bertz CT molecular complexity index is 1180. The van der Waals surface area contributed by atoms with Gasteiger partial charge < -0.3 is 14.5 Å². The van der Waals surface area contributed by atoms with Crippen LogP contribution in [0.1, 0.15) is 27.9 Å². The molecule has 0 radical (unpaired) electrons. The first-order valence-corrected chi connectivity index (χ1v) is 9.24. The van der Waals surface area contributed by atoms with E-state index in [-0.39, 0.29) is 11.5 Å². The van der Waals surface area contributed by atoms with E-state index in [9.17, 15) is 9.59 Å². The number of carbonyl (C=O) groups is 1. The predicted molar refractivity (Wildman–Crippen MR) is 111 cm³/mol. The zero-order valence-electron chi connectivity index (χ0n) is 16.0. The van der Waals surface area contributed by atoms with Crippen LogP contribution in [0.2, 0.25) is 0 Å². The van der Waals surface area contributed by atoms with Gasteiger partial charge in [0, 0.05) is 49.1 Å². The minimum absolute atomic E-state index is 0.0318. The largest absolute Gasteiger partial charge is 0.345 e. The number of pyridine rings is 1. The SMILES string of the molecule is C=CCCn1cc(-c2cc(C(=O)N(C)C)cc3[nH]cnc23)c2c(c1=O)CC=C2. The van der Waals surface area contributed by atoms with Crippen LogP contribution in [0.15, 0.2) is 48.2 Å². The second-order valence-electron chi connectivity index (χ2n) is 7.14. The summed E-state index contributed by atoms with van der Waals surface area (Å²) in [6.07, 6.45) is 10.6. The molecule has 28 heavy (non-hydrogen) atoms. The number of aromatic amines is 1. The van der Waals surface area contributed by atoms with E-state index in [1.54, 1.807) is 36.0 Å². The topological polar surface area (TPSA) is 71.0 Å². The van der Waals surface area contributed by atoms with Gasteiger partial charge >= 0.3 is 0 Å². The molecule has 0 aliphatic heterocycles. The van der Waals surface area contributed by atoms with Gasteiger partial charge in [-0.2, -0.15) is 0 Å². The quantitative estimate of drug-likeness (QED) is 0.697. The average molecular weight is 374 g/mol. The third-order valence-corrected chi connectivity index (χ3v) is 5.07. The molecule has 0 saturated heterocycles. The number of fused-ring (bicyclic) bond motifs is 2. The summed E-state index contributed by atoms with van der Waals surface area (Å²) >= 11 is 0. The minimum Gasteiger partial charge on any atom is -0.345 e. The fraction of sp³-hybridized carbons (Fsp3) is 0.227. The molecule has 4 rings (SSSR count). The van der Waals surface area contributed by atoms with Gasteiger partial charge in [-0.3, -0.25) is 9.59 Å². The van der Waals surface area contributed by atoms with Crippen LogP contribution in [-0.4, -0.2) is 39.4 Å². The summed E-state index contributed by atoms with van der Waals surface area (Å²) in [7, 11) is 3.46. The lowest BCUT2D eigenvalue weighted by Crippen LogP contribution is -2.24. The molecule has 0 spiro atoms. The first kappa shape index (κ1) is 18.0. The van der Waals surface area contributed by atoms with Crippen LogP contribution in [-0.2, 0) is 13.0 Å². The highest BCUT2D eigenvalue weighted by molar-refractivity contribution is 6.03. The average Bonchev–Trinajstić information content (AvgIpc) is 3.35. The molecule has 0 fully saturated rings. The Labute approximate surface area is 162 Å². The zero-order chi connectivity index (χ0) is 19.8. The Kier molecular flexibility index (Phi) is 4.47. The van der Waals surface area contributed by atoms with Crippen molar-refractivity contribution in [2.24, 2.45) is 0 Å². The normalized spacial score (nSPS) is 12.4. The standard InChI is InChI=1S/C22H22N4O2/c1-4-5-9-26-12-18(15-7-6-8-16(15)22(26)28)17-10-14(21(27)25(2)3)11-19-20(17)24-13-23-19/h4,6-7,10-13H,1,5,8-9H2,2-3H3,(H,23,24). The van der Waals surface area contributed by atoms with Crippen LogP contribution in [0.5, 0.6) is 0 Å². The number of aromatic nitrogens is 3. The number of aryl methyl sites for hydroxylation is 1. The Morgan fingerprint density at radius 1 is 1.36 bits per heavy atom. The number of hydrogen-bond acceptors (Lipinski definition) is 3. The molecular formula is C22H22N4O2. The Morgan fingerprint density at radius 2 is 2.18 bits per heavy atom. The van der Waals surface area contributed by atoms with Gasteiger partial charge in [-0.05, 0) is 30.5 Å². The van der Waals surface area contributed by atoms with Crippen molar-refractivity contribution in [3.05, 3.63) is 70.4 Å². The lowest BCUT2D eigenvalue weighted by atomic mass is 9.96. The number of H-pyrrole nitrogens is 1. The summed E-state index contributed by atoms with van der Waals surface area (Å²) < 4.78 is 1.74. The minimum atomic E-state index is -0.0788. The molecule has 6 nitrogen and oxygen atoms in total. The number of hydrogen-bond donors (Lipinski definition) is 1. The first-order chi connectivity index (χ1) is 13.5. The predicted octanol–water partition coefficient (Wildman–Crippen LogP) is 3.24. The van der Waals surface area contributed by atoms with Gasteiger partial charge in [0.05, 0.1) is 17.4 Å². The van der Waals surface area contributed by atoms with E-state index in [4.69, 9.17) is 0 Å². The van der Waals surface area contributed by atoms with Crippen molar-refractivity contribution in [2.75, 3.05) is 14.1 Å². The van der Waals surface area contributed by atoms with Crippen LogP contribution in [0.25, 0.3) is 28.2 Å². The van der Waals surface area contributed by atoms with Crippen molar-refractivity contribution in [1.82, 2.24) is 19.4 Å². The second kappa shape index (κ2) is 6.96. The smallest absolute Gasteiger partial charge is 0.254 e. The lowest BCUT2D eigenvalue weighted by Gasteiger charge is -2.16. The summed E-state index contributed by atoms with van der Waals surface area (Å²) in [5.74, 6) is -0.0788. The van der Waals surface area contributed by atoms with Crippen LogP contribution >= 0.6 is 0 Å². The van der Waals surface area contributed by atoms with E-state index in [0.717, 1.165) is 33.3 Å². The van der Waals surface area contributed by atoms with Crippen molar-refractivity contribution < 1.29 is 4.79 Å². The molecule has 2 aromatic heterocycles. The highest BCUT2D eigenvalue weighted by atomic mass is 16.2. The molecule has 0 atom stereocenters.